The van der Waals surface area contributed by atoms with Crippen LogP contribution < -0.4 is 20.3 Å². The molecule has 9 nitrogen and oxygen atoms in total. The van der Waals surface area contributed by atoms with Crippen molar-refractivity contribution >= 4 is 38.6 Å². The van der Waals surface area contributed by atoms with Crippen molar-refractivity contribution in [2.45, 2.75) is 49.6 Å². The standard InChI is InChI=1S/C25H32N6O3S/c1-17-8-14-20(15-9-17)35(33,34)26-16-23(32)27-18-10-12-19(13-11-18)28-25-29-22-7-5-4-6-21(22)24(30-25)31(2)3/h4-9,14-15,18-19,26H,10-13,16H2,1-3H3,(H,27,32)(H,28,29,30)/t18-,19+. The highest BCUT2D eigenvalue weighted by molar-refractivity contribution is 7.89. The lowest BCUT2D eigenvalue weighted by molar-refractivity contribution is -0.120. The number of carbonyl (C=O) groups is 1. The summed E-state index contributed by atoms with van der Waals surface area (Å²) in [7, 11) is 0.211. The highest BCUT2D eigenvalue weighted by atomic mass is 32.2. The minimum atomic E-state index is -3.72. The van der Waals surface area contributed by atoms with E-state index in [0.29, 0.717) is 5.95 Å². The highest BCUT2D eigenvalue weighted by Crippen LogP contribution is 2.26. The molecule has 0 aliphatic heterocycles. The lowest BCUT2D eigenvalue weighted by Gasteiger charge is -2.30. The van der Waals surface area contributed by atoms with E-state index in [-0.39, 0.29) is 29.4 Å². The highest BCUT2D eigenvalue weighted by Gasteiger charge is 2.24. The van der Waals surface area contributed by atoms with Gasteiger partial charge in [0.15, 0.2) is 0 Å². The van der Waals surface area contributed by atoms with Crippen LogP contribution in [0.2, 0.25) is 0 Å². The summed E-state index contributed by atoms with van der Waals surface area (Å²) in [6, 6.07) is 14.7. The van der Waals surface area contributed by atoms with Gasteiger partial charge in [-0.3, -0.25) is 4.79 Å². The largest absolute Gasteiger partial charge is 0.362 e. The number of sulfonamides is 1. The Labute approximate surface area is 206 Å². The van der Waals surface area contributed by atoms with Crippen molar-refractivity contribution in [2.75, 3.05) is 30.9 Å². The fourth-order valence-corrected chi connectivity index (χ4v) is 5.25. The summed E-state index contributed by atoms with van der Waals surface area (Å²) < 4.78 is 27.2. The number of nitrogens with zero attached hydrogens (tertiary/aromatic N) is 3. The summed E-state index contributed by atoms with van der Waals surface area (Å²) in [6.45, 7) is 1.60. The maximum atomic E-state index is 12.4. The first-order chi connectivity index (χ1) is 16.7. The molecule has 35 heavy (non-hydrogen) atoms. The number of aryl methyl sites for hydroxylation is 1. The van der Waals surface area contributed by atoms with E-state index in [1.807, 2.05) is 50.2 Å². The molecule has 0 unspecified atom stereocenters. The van der Waals surface area contributed by atoms with Gasteiger partial charge in [-0.2, -0.15) is 4.98 Å². The molecule has 0 bridgehead atoms. The number of amides is 1. The van der Waals surface area contributed by atoms with Crippen molar-refractivity contribution in [3.05, 3.63) is 54.1 Å². The summed E-state index contributed by atoms with van der Waals surface area (Å²) in [4.78, 5) is 23.9. The molecule has 0 saturated heterocycles. The normalized spacial score (nSPS) is 18.3. The number of benzene rings is 2. The third kappa shape index (κ3) is 6.26. The quantitative estimate of drug-likeness (QED) is 0.439. The van der Waals surface area contributed by atoms with E-state index in [9.17, 15) is 13.2 Å². The van der Waals surface area contributed by atoms with Crippen LogP contribution in [0.3, 0.4) is 0 Å². The number of fused-ring (bicyclic) bond motifs is 1. The third-order valence-corrected chi connectivity index (χ3v) is 7.60. The van der Waals surface area contributed by atoms with E-state index in [1.165, 1.54) is 12.1 Å². The second-order valence-corrected chi connectivity index (χ2v) is 10.9. The van der Waals surface area contributed by atoms with Crippen LogP contribution in [0.15, 0.2) is 53.4 Å². The zero-order valence-electron chi connectivity index (χ0n) is 20.3. The lowest BCUT2D eigenvalue weighted by Crippen LogP contribution is -2.44. The van der Waals surface area contributed by atoms with Crippen LogP contribution in [0.4, 0.5) is 11.8 Å². The van der Waals surface area contributed by atoms with Gasteiger partial charge in [-0.25, -0.2) is 18.1 Å². The minimum Gasteiger partial charge on any atom is -0.362 e. The molecule has 186 valence electrons. The van der Waals surface area contributed by atoms with Crippen LogP contribution in [0.25, 0.3) is 10.9 Å². The van der Waals surface area contributed by atoms with Crippen LogP contribution >= 0.6 is 0 Å². The summed E-state index contributed by atoms with van der Waals surface area (Å²) in [5.41, 5.74) is 1.86. The molecule has 4 rings (SSSR count). The number of hydrogen-bond donors (Lipinski definition) is 3. The zero-order chi connectivity index (χ0) is 25.0. The topological polar surface area (TPSA) is 116 Å². The fourth-order valence-electron chi connectivity index (χ4n) is 4.27. The van der Waals surface area contributed by atoms with Crippen LogP contribution in [0, 0.1) is 6.92 Å². The summed E-state index contributed by atoms with van der Waals surface area (Å²) in [6.07, 6.45) is 3.30. The molecule has 0 spiro atoms. The number of aromatic nitrogens is 2. The predicted molar refractivity (Wildman–Crippen MR) is 138 cm³/mol. The monoisotopic (exact) mass is 496 g/mol. The Bertz CT molecular complexity index is 1290. The lowest BCUT2D eigenvalue weighted by atomic mass is 9.91. The second-order valence-electron chi connectivity index (χ2n) is 9.18. The van der Waals surface area contributed by atoms with Crippen LogP contribution in [-0.4, -0.2) is 57.0 Å². The summed E-state index contributed by atoms with van der Waals surface area (Å²) >= 11 is 0. The van der Waals surface area contributed by atoms with Gasteiger partial charge < -0.3 is 15.5 Å². The maximum absolute atomic E-state index is 12.4. The average molecular weight is 497 g/mol. The molecule has 0 atom stereocenters. The summed E-state index contributed by atoms with van der Waals surface area (Å²) in [5, 5.41) is 7.42. The Morgan fingerprint density at radius 1 is 0.971 bits per heavy atom. The van der Waals surface area contributed by atoms with Gasteiger partial charge in [0.05, 0.1) is 17.0 Å². The molecule has 2 aromatic carbocycles. The van der Waals surface area contributed by atoms with Gasteiger partial charge in [0, 0.05) is 31.6 Å². The van der Waals surface area contributed by atoms with Gasteiger partial charge in [-0.1, -0.05) is 29.8 Å². The molecular weight excluding hydrogens is 464 g/mol. The van der Waals surface area contributed by atoms with E-state index in [1.54, 1.807) is 12.1 Å². The SMILES string of the molecule is Cc1ccc(S(=O)(=O)NCC(=O)N[C@H]2CC[C@@H](Nc3nc(N(C)C)c4ccccc4n3)CC2)cc1. The molecule has 1 aromatic heterocycles. The van der Waals surface area contributed by atoms with Gasteiger partial charge >= 0.3 is 0 Å². The first-order valence-corrected chi connectivity index (χ1v) is 13.3. The summed E-state index contributed by atoms with van der Waals surface area (Å²) in [5.74, 6) is 1.14. The van der Waals surface area contributed by atoms with Gasteiger partial charge in [0.2, 0.25) is 21.9 Å². The van der Waals surface area contributed by atoms with Crippen molar-refractivity contribution in [3.8, 4) is 0 Å². The van der Waals surface area contributed by atoms with E-state index in [4.69, 9.17) is 4.98 Å². The first kappa shape index (κ1) is 24.9. The van der Waals surface area contributed by atoms with Gasteiger partial charge in [0.1, 0.15) is 5.82 Å². The Morgan fingerprint density at radius 3 is 2.31 bits per heavy atom. The van der Waals surface area contributed by atoms with Gasteiger partial charge in [0.25, 0.3) is 0 Å². The molecule has 0 radical (unpaired) electrons. The number of hydrogen-bond acceptors (Lipinski definition) is 7. The van der Waals surface area contributed by atoms with Crippen LogP contribution in [0.1, 0.15) is 31.2 Å². The van der Waals surface area contributed by atoms with Crippen LogP contribution in [-0.2, 0) is 14.8 Å². The first-order valence-electron chi connectivity index (χ1n) is 11.8. The zero-order valence-corrected chi connectivity index (χ0v) is 21.1. The fraction of sp³-hybridized carbons (Fsp3) is 0.400. The predicted octanol–water partition coefficient (Wildman–Crippen LogP) is 2.82. The number of anilines is 2. The van der Waals surface area contributed by atoms with Crippen molar-refractivity contribution in [1.29, 1.82) is 0 Å². The number of nitrogens with one attached hydrogen (secondary N) is 3. The number of carbonyl (C=O) groups excluding carboxylic acids is 1. The molecule has 10 heteroatoms. The number of para-hydroxylation sites is 1. The van der Waals surface area contributed by atoms with Crippen molar-refractivity contribution in [1.82, 2.24) is 20.0 Å². The molecule has 1 fully saturated rings. The molecule has 3 aromatic rings. The average Bonchev–Trinajstić information content (AvgIpc) is 2.84. The van der Waals surface area contributed by atoms with Crippen molar-refractivity contribution in [3.63, 3.8) is 0 Å². The number of rotatable bonds is 8. The molecule has 1 heterocycles. The Morgan fingerprint density at radius 2 is 1.63 bits per heavy atom. The molecule has 1 amide bonds. The molecular formula is C25H32N6O3S. The van der Waals surface area contributed by atoms with Crippen molar-refractivity contribution < 1.29 is 13.2 Å². The Hall–Kier alpha value is -3.24. The van der Waals surface area contributed by atoms with Crippen molar-refractivity contribution in [2.24, 2.45) is 0 Å². The Kier molecular flexibility index (Phi) is 7.51. The van der Waals surface area contributed by atoms with E-state index < -0.39 is 10.0 Å². The van der Waals surface area contributed by atoms with E-state index in [2.05, 4.69) is 20.3 Å². The molecule has 3 N–H and O–H groups in total. The molecule has 1 aliphatic carbocycles. The smallest absolute Gasteiger partial charge is 0.241 e. The third-order valence-electron chi connectivity index (χ3n) is 6.19. The molecule has 1 aliphatic rings. The van der Waals surface area contributed by atoms with E-state index in [0.717, 1.165) is 48.0 Å². The van der Waals surface area contributed by atoms with Gasteiger partial charge in [-0.15, -0.1) is 0 Å². The minimum absolute atomic E-state index is 0.0132. The van der Waals surface area contributed by atoms with Gasteiger partial charge in [-0.05, 0) is 56.9 Å². The van der Waals surface area contributed by atoms with E-state index >= 15 is 0 Å². The molecule has 1 saturated carbocycles. The Balaban J connectivity index is 1.27. The second kappa shape index (κ2) is 10.6. The maximum Gasteiger partial charge on any atom is 0.241 e. The van der Waals surface area contributed by atoms with Crippen LogP contribution in [0.5, 0.6) is 0 Å².